The molecule has 2 aliphatic heterocycles. The van der Waals surface area contributed by atoms with Crippen molar-refractivity contribution < 1.29 is 23.6 Å². The predicted molar refractivity (Wildman–Crippen MR) is 116 cm³/mol. The minimum atomic E-state index is -0.536. The number of hydrogen-bond acceptors (Lipinski definition) is 5. The van der Waals surface area contributed by atoms with Crippen LogP contribution < -0.4 is 10.2 Å². The quantitative estimate of drug-likeness (QED) is 0.438. The number of carbonyl (C=O) groups excluding carboxylic acids is 1. The van der Waals surface area contributed by atoms with Gasteiger partial charge in [0.15, 0.2) is 0 Å². The van der Waals surface area contributed by atoms with E-state index >= 15 is 0 Å². The van der Waals surface area contributed by atoms with E-state index in [1.165, 1.54) is 0 Å². The first kappa shape index (κ1) is 20.7. The van der Waals surface area contributed by atoms with E-state index in [4.69, 9.17) is 18.8 Å². The lowest BCUT2D eigenvalue weighted by molar-refractivity contribution is -0.139. The molecule has 0 spiro atoms. The second kappa shape index (κ2) is 7.29. The zero-order chi connectivity index (χ0) is 21.7. The van der Waals surface area contributed by atoms with Crippen LogP contribution in [0, 0.1) is 0 Å². The monoisotopic (exact) mass is 406 g/mol. The second-order valence-electron chi connectivity index (χ2n) is 8.82. The van der Waals surface area contributed by atoms with Crippen LogP contribution in [0.2, 0.25) is 0 Å². The van der Waals surface area contributed by atoms with E-state index in [1.807, 2.05) is 76.2 Å². The molecule has 2 saturated heterocycles. The number of rotatable bonds is 4. The van der Waals surface area contributed by atoms with Crippen molar-refractivity contribution in [3.8, 4) is 5.75 Å². The van der Waals surface area contributed by atoms with E-state index in [0.29, 0.717) is 5.57 Å². The summed E-state index contributed by atoms with van der Waals surface area (Å²) < 4.78 is 23.6. The van der Waals surface area contributed by atoms with Gasteiger partial charge < -0.3 is 18.8 Å². The van der Waals surface area contributed by atoms with Crippen molar-refractivity contribution in [2.45, 2.75) is 50.9 Å². The van der Waals surface area contributed by atoms with Crippen LogP contribution in [-0.4, -0.2) is 31.4 Å². The van der Waals surface area contributed by atoms with Gasteiger partial charge in [-0.2, -0.15) is 0 Å². The Morgan fingerprint density at radius 3 is 2.17 bits per heavy atom. The molecule has 0 unspecified atom stereocenters. The van der Waals surface area contributed by atoms with Crippen molar-refractivity contribution in [2.75, 3.05) is 7.11 Å². The number of esters is 1. The third-order valence-corrected chi connectivity index (χ3v) is 6.46. The topological polar surface area (TPSA) is 54.0 Å². The molecule has 30 heavy (non-hydrogen) atoms. The van der Waals surface area contributed by atoms with Crippen molar-refractivity contribution in [1.82, 2.24) is 0 Å². The molecule has 4 rings (SSSR count). The summed E-state index contributed by atoms with van der Waals surface area (Å²) in [7, 11) is 1.09. The van der Waals surface area contributed by atoms with Crippen LogP contribution in [0.3, 0.4) is 0 Å². The van der Waals surface area contributed by atoms with Crippen LogP contribution in [0.1, 0.15) is 50.8 Å². The summed E-state index contributed by atoms with van der Waals surface area (Å²) in [5.74, 6) is 0.0294. The van der Waals surface area contributed by atoms with E-state index in [0.717, 1.165) is 22.3 Å². The molecule has 2 aromatic rings. The van der Waals surface area contributed by atoms with Crippen molar-refractivity contribution in [3.63, 3.8) is 0 Å². The van der Waals surface area contributed by atoms with Gasteiger partial charge in [0.2, 0.25) is 0 Å². The number of hydrogen-bond donors (Lipinski definition) is 0. The number of carbonyl (C=O) groups is 1. The zero-order valence-electron chi connectivity index (χ0n) is 18.1. The average molecular weight is 406 g/mol. The molecule has 0 N–H and O–H groups in total. The van der Waals surface area contributed by atoms with Gasteiger partial charge in [-0.05, 0) is 56.4 Å². The molecule has 0 saturated carbocycles. The standard InChI is InChI=1S/C24H27BO5/c1-15-20(21(28-22(15)26)16-11-13-17(27-6)14-12-16)18-9-7-8-10-19(18)25-29-23(2,3)24(4,5)30-25/h7-14,20-21H,1H2,2-6H3/t20-,21+/m0/s1. The number of cyclic esters (lactones) is 1. The fourth-order valence-corrected chi connectivity index (χ4v) is 3.95. The first-order valence-corrected chi connectivity index (χ1v) is 10.1. The molecule has 2 atom stereocenters. The number of methoxy groups -OCH3 is 1. The molecule has 2 aromatic carbocycles. The molecule has 0 radical (unpaired) electrons. The average Bonchev–Trinajstić information content (AvgIpc) is 3.13. The summed E-state index contributed by atoms with van der Waals surface area (Å²) >= 11 is 0. The number of ether oxygens (including phenoxy) is 2. The van der Waals surface area contributed by atoms with Gasteiger partial charge in [-0.15, -0.1) is 0 Å². The summed E-state index contributed by atoms with van der Waals surface area (Å²) in [5, 5.41) is 0. The maximum absolute atomic E-state index is 12.5. The fourth-order valence-electron chi connectivity index (χ4n) is 3.95. The Bertz CT molecular complexity index is 963. The Balaban J connectivity index is 1.75. The first-order valence-electron chi connectivity index (χ1n) is 10.1. The van der Waals surface area contributed by atoms with Crippen LogP contribution in [0.15, 0.2) is 60.7 Å². The molecular formula is C24H27BO5. The molecule has 2 heterocycles. The zero-order valence-corrected chi connectivity index (χ0v) is 18.1. The van der Waals surface area contributed by atoms with Crippen LogP contribution in [0.25, 0.3) is 0 Å². The maximum Gasteiger partial charge on any atom is 0.495 e. The summed E-state index contributed by atoms with van der Waals surface area (Å²) in [6, 6.07) is 15.4. The van der Waals surface area contributed by atoms with Crippen LogP contribution in [0.4, 0.5) is 0 Å². The van der Waals surface area contributed by atoms with Crippen LogP contribution in [-0.2, 0) is 18.8 Å². The predicted octanol–water partition coefficient (Wildman–Crippen LogP) is 3.93. The van der Waals surface area contributed by atoms with E-state index in [1.54, 1.807) is 7.11 Å². The normalized spacial score (nSPS) is 24.8. The fraction of sp³-hybridized carbons (Fsp3) is 0.375. The molecular weight excluding hydrogens is 379 g/mol. The third-order valence-electron chi connectivity index (χ3n) is 6.46. The van der Waals surface area contributed by atoms with Crippen LogP contribution >= 0.6 is 0 Å². The molecule has 0 amide bonds. The summed E-state index contributed by atoms with van der Waals surface area (Å²) in [4.78, 5) is 12.5. The minimum absolute atomic E-state index is 0.332. The van der Waals surface area contributed by atoms with E-state index in [2.05, 4.69) is 6.58 Å². The highest BCUT2D eigenvalue weighted by atomic mass is 16.7. The molecule has 6 heteroatoms. The van der Waals surface area contributed by atoms with Crippen molar-refractivity contribution in [3.05, 3.63) is 71.8 Å². The Morgan fingerprint density at radius 2 is 1.57 bits per heavy atom. The Morgan fingerprint density at radius 1 is 0.967 bits per heavy atom. The highest BCUT2D eigenvalue weighted by Crippen LogP contribution is 2.45. The third kappa shape index (κ3) is 3.34. The lowest BCUT2D eigenvalue weighted by atomic mass is 9.70. The van der Waals surface area contributed by atoms with Crippen molar-refractivity contribution >= 4 is 18.6 Å². The highest BCUT2D eigenvalue weighted by molar-refractivity contribution is 6.62. The highest BCUT2D eigenvalue weighted by Gasteiger charge is 2.53. The Hall–Kier alpha value is -2.57. The molecule has 0 aliphatic carbocycles. The SMILES string of the molecule is C=C1C(=O)O[C@H](c2ccc(OC)cc2)[C@@H]1c1ccccc1B1OC(C)(C)C(C)(C)O1. The lowest BCUT2D eigenvalue weighted by Gasteiger charge is -2.32. The van der Waals surface area contributed by atoms with Gasteiger partial charge in [-0.25, -0.2) is 4.79 Å². The molecule has 2 fully saturated rings. The summed E-state index contributed by atoms with van der Waals surface area (Å²) in [6.07, 6.45) is -0.473. The summed E-state index contributed by atoms with van der Waals surface area (Å²) in [5.41, 5.74) is 2.21. The maximum atomic E-state index is 12.5. The van der Waals surface area contributed by atoms with Crippen LogP contribution in [0.5, 0.6) is 5.75 Å². The van der Waals surface area contributed by atoms with Gasteiger partial charge in [0.05, 0.1) is 24.2 Å². The summed E-state index contributed by atoms with van der Waals surface area (Å²) in [6.45, 7) is 12.1. The van der Waals surface area contributed by atoms with E-state index in [9.17, 15) is 4.79 Å². The lowest BCUT2D eigenvalue weighted by Crippen LogP contribution is -2.41. The van der Waals surface area contributed by atoms with Gasteiger partial charge >= 0.3 is 13.1 Å². The number of benzene rings is 2. The molecule has 0 bridgehead atoms. The van der Waals surface area contributed by atoms with Gasteiger partial charge in [-0.1, -0.05) is 43.0 Å². The van der Waals surface area contributed by atoms with Crippen molar-refractivity contribution in [1.29, 1.82) is 0 Å². The van der Waals surface area contributed by atoms with Crippen molar-refractivity contribution in [2.24, 2.45) is 0 Å². The Kier molecular flexibility index (Phi) is 5.03. The second-order valence-corrected chi connectivity index (χ2v) is 8.82. The van der Waals surface area contributed by atoms with Gasteiger partial charge in [0.1, 0.15) is 11.9 Å². The smallest absolute Gasteiger partial charge is 0.495 e. The largest absolute Gasteiger partial charge is 0.497 e. The molecule has 2 aliphatic rings. The Labute approximate surface area is 178 Å². The van der Waals surface area contributed by atoms with Gasteiger partial charge in [0, 0.05) is 5.57 Å². The van der Waals surface area contributed by atoms with Gasteiger partial charge in [-0.3, -0.25) is 0 Å². The molecule has 5 nitrogen and oxygen atoms in total. The van der Waals surface area contributed by atoms with E-state index in [-0.39, 0.29) is 11.9 Å². The first-order chi connectivity index (χ1) is 14.1. The van der Waals surface area contributed by atoms with Gasteiger partial charge in [0.25, 0.3) is 0 Å². The minimum Gasteiger partial charge on any atom is -0.497 e. The molecule has 0 aromatic heterocycles. The molecule has 156 valence electrons. The van der Waals surface area contributed by atoms with E-state index < -0.39 is 24.4 Å².